The van der Waals surface area contributed by atoms with Gasteiger partial charge in [-0.05, 0) is 51.2 Å². The summed E-state index contributed by atoms with van der Waals surface area (Å²) in [5, 5.41) is 0. The van der Waals surface area contributed by atoms with Gasteiger partial charge in [0.15, 0.2) is 0 Å². The third-order valence-electron chi connectivity index (χ3n) is 2.91. The van der Waals surface area contributed by atoms with Crippen molar-refractivity contribution in [3.05, 3.63) is 41.5 Å². The largest absolute Gasteiger partial charge is 0.373 e. The zero-order valence-corrected chi connectivity index (χ0v) is 13.2. The first-order valence-electron chi connectivity index (χ1n) is 7.22. The minimum absolute atomic E-state index is 0.0647. The van der Waals surface area contributed by atoms with Gasteiger partial charge >= 0.3 is 0 Å². The summed E-state index contributed by atoms with van der Waals surface area (Å²) in [4.78, 5) is 0. The molecule has 0 fully saturated rings. The van der Waals surface area contributed by atoms with Gasteiger partial charge in [-0.15, -0.1) is 0 Å². The van der Waals surface area contributed by atoms with E-state index in [1.165, 1.54) is 11.1 Å². The molecule has 0 aliphatic rings. The molecular formula is C18H28O. The SMILES string of the molecule is CC(C)c1cccc(/C=C/C[C@@H](C)OC(C)(C)C)c1. The van der Waals surface area contributed by atoms with Crippen LogP contribution in [0, 0.1) is 0 Å². The fourth-order valence-electron chi connectivity index (χ4n) is 2.07. The molecule has 0 saturated carbocycles. The number of ether oxygens (including phenoxy) is 1. The van der Waals surface area contributed by atoms with Crippen molar-refractivity contribution in [3.63, 3.8) is 0 Å². The minimum atomic E-state index is -0.0647. The molecule has 0 spiro atoms. The van der Waals surface area contributed by atoms with Crippen molar-refractivity contribution in [3.8, 4) is 0 Å². The van der Waals surface area contributed by atoms with Crippen LogP contribution in [-0.2, 0) is 4.74 Å². The van der Waals surface area contributed by atoms with Crippen LogP contribution in [0.5, 0.6) is 0 Å². The van der Waals surface area contributed by atoms with Crippen LogP contribution in [0.4, 0.5) is 0 Å². The average Bonchev–Trinajstić information content (AvgIpc) is 2.27. The van der Waals surface area contributed by atoms with Gasteiger partial charge in [-0.25, -0.2) is 0 Å². The van der Waals surface area contributed by atoms with Gasteiger partial charge in [-0.3, -0.25) is 0 Å². The molecule has 1 rings (SSSR count). The first-order chi connectivity index (χ1) is 8.78. The zero-order valence-electron chi connectivity index (χ0n) is 13.2. The second kappa shape index (κ2) is 6.91. The predicted octanol–water partition coefficient (Wildman–Crippen LogP) is 5.42. The second-order valence-electron chi connectivity index (χ2n) is 6.50. The molecule has 0 heterocycles. The molecule has 1 aromatic rings. The molecule has 0 N–H and O–H groups in total. The lowest BCUT2D eigenvalue weighted by Gasteiger charge is -2.24. The standard InChI is InChI=1S/C18H28O/c1-14(2)17-12-8-11-16(13-17)10-7-9-15(3)19-18(4,5)6/h7-8,10-15H,9H2,1-6H3/b10-7+/t15-/m1/s1. The maximum absolute atomic E-state index is 5.89. The lowest BCUT2D eigenvalue weighted by molar-refractivity contribution is -0.0493. The van der Waals surface area contributed by atoms with Crippen molar-refractivity contribution in [2.45, 2.75) is 65.6 Å². The smallest absolute Gasteiger partial charge is 0.0602 e. The van der Waals surface area contributed by atoms with E-state index in [1.54, 1.807) is 0 Å². The van der Waals surface area contributed by atoms with Crippen LogP contribution in [0.25, 0.3) is 6.08 Å². The molecule has 19 heavy (non-hydrogen) atoms. The van der Waals surface area contributed by atoms with Gasteiger partial charge < -0.3 is 4.74 Å². The van der Waals surface area contributed by atoms with Crippen LogP contribution >= 0.6 is 0 Å². The lowest BCUT2D eigenvalue weighted by atomic mass is 10.0. The van der Waals surface area contributed by atoms with E-state index in [0.29, 0.717) is 5.92 Å². The van der Waals surface area contributed by atoms with E-state index in [4.69, 9.17) is 4.74 Å². The number of rotatable bonds is 5. The van der Waals surface area contributed by atoms with Crippen molar-refractivity contribution in [1.29, 1.82) is 0 Å². The van der Waals surface area contributed by atoms with Crippen molar-refractivity contribution >= 4 is 6.08 Å². The topological polar surface area (TPSA) is 9.23 Å². The molecule has 0 radical (unpaired) electrons. The van der Waals surface area contributed by atoms with Crippen molar-refractivity contribution in [2.24, 2.45) is 0 Å². The predicted molar refractivity (Wildman–Crippen MR) is 84.5 cm³/mol. The summed E-state index contributed by atoms with van der Waals surface area (Å²) >= 11 is 0. The summed E-state index contributed by atoms with van der Waals surface area (Å²) in [5.41, 5.74) is 2.60. The zero-order chi connectivity index (χ0) is 14.5. The fourth-order valence-corrected chi connectivity index (χ4v) is 2.07. The normalized spacial score (nSPS) is 14.3. The number of hydrogen-bond donors (Lipinski definition) is 0. The third kappa shape index (κ3) is 6.58. The highest BCUT2D eigenvalue weighted by atomic mass is 16.5. The summed E-state index contributed by atoms with van der Waals surface area (Å²) < 4.78 is 5.89. The summed E-state index contributed by atoms with van der Waals surface area (Å²) in [6.45, 7) is 12.9. The van der Waals surface area contributed by atoms with Crippen molar-refractivity contribution in [1.82, 2.24) is 0 Å². The Labute approximate surface area is 118 Å². The Morgan fingerprint density at radius 2 is 1.84 bits per heavy atom. The van der Waals surface area contributed by atoms with Crippen LogP contribution in [0.1, 0.15) is 65.0 Å². The van der Waals surface area contributed by atoms with Gasteiger partial charge in [0.05, 0.1) is 11.7 Å². The first-order valence-corrected chi connectivity index (χ1v) is 7.22. The summed E-state index contributed by atoms with van der Waals surface area (Å²) in [5.74, 6) is 0.580. The van der Waals surface area contributed by atoms with E-state index < -0.39 is 0 Å². The maximum atomic E-state index is 5.89. The minimum Gasteiger partial charge on any atom is -0.373 e. The Kier molecular flexibility index (Phi) is 5.81. The molecule has 1 atom stereocenters. The molecular weight excluding hydrogens is 232 g/mol. The molecule has 0 amide bonds. The van der Waals surface area contributed by atoms with E-state index in [2.05, 4.69) is 78.0 Å². The molecule has 106 valence electrons. The lowest BCUT2D eigenvalue weighted by Crippen LogP contribution is -2.25. The monoisotopic (exact) mass is 260 g/mol. The van der Waals surface area contributed by atoms with Gasteiger partial charge in [0, 0.05) is 0 Å². The summed E-state index contributed by atoms with van der Waals surface area (Å²) in [6, 6.07) is 8.73. The summed E-state index contributed by atoms with van der Waals surface area (Å²) in [6.07, 6.45) is 5.59. The Balaban J connectivity index is 2.55. The molecule has 0 aliphatic carbocycles. The molecule has 1 heteroatoms. The van der Waals surface area contributed by atoms with Crippen molar-refractivity contribution < 1.29 is 4.74 Å². The molecule has 1 aromatic carbocycles. The van der Waals surface area contributed by atoms with Crippen molar-refractivity contribution in [2.75, 3.05) is 0 Å². The Bertz CT molecular complexity index is 410. The van der Waals surface area contributed by atoms with Crippen LogP contribution < -0.4 is 0 Å². The van der Waals surface area contributed by atoms with E-state index in [0.717, 1.165) is 6.42 Å². The summed E-state index contributed by atoms with van der Waals surface area (Å²) in [7, 11) is 0. The second-order valence-corrected chi connectivity index (χ2v) is 6.50. The van der Waals surface area contributed by atoms with Crippen LogP contribution in [0.3, 0.4) is 0 Å². The van der Waals surface area contributed by atoms with E-state index in [9.17, 15) is 0 Å². The van der Waals surface area contributed by atoms with E-state index in [1.807, 2.05) is 0 Å². The molecule has 1 nitrogen and oxygen atoms in total. The van der Waals surface area contributed by atoms with Gasteiger partial charge in [-0.2, -0.15) is 0 Å². The van der Waals surface area contributed by atoms with Gasteiger partial charge in [0.1, 0.15) is 0 Å². The molecule has 0 bridgehead atoms. The quantitative estimate of drug-likeness (QED) is 0.687. The van der Waals surface area contributed by atoms with Crippen LogP contribution in [0.15, 0.2) is 30.3 Å². The van der Waals surface area contributed by atoms with E-state index >= 15 is 0 Å². The third-order valence-corrected chi connectivity index (χ3v) is 2.91. The number of hydrogen-bond acceptors (Lipinski definition) is 1. The molecule has 0 aromatic heterocycles. The van der Waals surface area contributed by atoms with Gasteiger partial charge in [0.2, 0.25) is 0 Å². The highest BCUT2D eigenvalue weighted by Gasteiger charge is 2.13. The number of benzene rings is 1. The molecule has 0 unspecified atom stereocenters. The van der Waals surface area contributed by atoms with Gasteiger partial charge in [-0.1, -0.05) is 50.3 Å². The Morgan fingerprint density at radius 3 is 2.42 bits per heavy atom. The molecule has 0 saturated heterocycles. The molecule has 0 aliphatic heterocycles. The first kappa shape index (κ1) is 16.0. The maximum Gasteiger partial charge on any atom is 0.0602 e. The van der Waals surface area contributed by atoms with E-state index in [-0.39, 0.29) is 11.7 Å². The Morgan fingerprint density at radius 1 is 1.16 bits per heavy atom. The highest BCUT2D eigenvalue weighted by Crippen LogP contribution is 2.17. The Hall–Kier alpha value is -1.08. The van der Waals surface area contributed by atoms with Crippen LogP contribution in [-0.4, -0.2) is 11.7 Å². The fraction of sp³-hybridized carbons (Fsp3) is 0.556. The highest BCUT2D eigenvalue weighted by molar-refractivity contribution is 5.50. The van der Waals surface area contributed by atoms with Crippen LogP contribution in [0.2, 0.25) is 0 Å². The van der Waals surface area contributed by atoms with Gasteiger partial charge in [0.25, 0.3) is 0 Å². The average molecular weight is 260 g/mol.